The minimum absolute atomic E-state index is 0.0349. The zero-order valence-corrected chi connectivity index (χ0v) is 22.6. The van der Waals surface area contributed by atoms with Crippen molar-refractivity contribution in [3.63, 3.8) is 0 Å². The number of fused-ring (bicyclic) bond motifs is 12. The quantitative estimate of drug-likeness (QED) is 0.195. The van der Waals surface area contributed by atoms with E-state index in [1.165, 1.54) is 32.0 Å². The number of imidazole rings is 1. The maximum absolute atomic E-state index is 14.3. The number of thioether (sulfide) groups is 1. The molecule has 4 heterocycles. The number of rotatable bonds is 1. The van der Waals surface area contributed by atoms with Gasteiger partial charge in [-0.25, -0.2) is 9.38 Å². The van der Waals surface area contributed by atoms with Gasteiger partial charge in [-0.15, -0.1) is 11.8 Å². The highest BCUT2D eigenvalue weighted by molar-refractivity contribution is 8.00. The summed E-state index contributed by atoms with van der Waals surface area (Å²) in [5.74, 6) is 0.954. The average molecular weight is 544 g/mol. The van der Waals surface area contributed by atoms with Crippen LogP contribution < -0.4 is 5.56 Å². The third kappa shape index (κ3) is 2.63. The SMILES string of the molecule is O=c1c2ccccc2c2cccc3nc(-n4c5ccccc5c5c6ccccc6c6c(c54)SC4C=CC=CC64)n1c32. The van der Waals surface area contributed by atoms with Crippen LogP contribution in [0.1, 0.15) is 11.5 Å². The van der Waals surface area contributed by atoms with E-state index >= 15 is 0 Å². The summed E-state index contributed by atoms with van der Waals surface area (Å²) < 4.78 is 4.12. The zero-order valence-electron chi connectivity index (χ0n) is 21.8. The predicted molar refractivity (Wildman–Crippen MR) is 170 cm³/mol. The van der Waals surface area contributed by atoms with Crippen LogP contribution in [0.3, 0.4) is 0 Å². The third-order valence-electron chi connectivity index (χ3n) is 9.00. The van der Waals surface area contributed by atoms with E-state index in [2.05, 4.69) is 83.5 Å². The molecule has 0 saturated heterocycles. The lowest BCUT2D eigenvalue weighted by molar-refractivity contribution is 0.889. The fourth-order valence-electron chi connectivity index (χ4n) is 7.37. The normalized spacial score (nSPS) is 18.0. The highest BCUT2D eigenvalue weighted by Crippen LogP contribution is 2.55. The van der Waals surface area contributed by atoms with E-state index in [1.54, 1.807) is 0 Å². The minimum Gasteiger partial charge on any atom is -0.278 e. The maximum atomic E-state index is 14.3. The molecule has 4 nitrogen and oxygen atoms in total. The Bertz CT molecular complexity index is 2550. The first-order chi connectivity index (χ1) is 20.3. The summed E-state index contributed by atoms with van der Waals surface area (Å²) in [6.07, 6.45) is 9.00. The first kappa shape index (κ1) is 21.9. The van der Waals surface area contributed by atoms with Gasteiger partial charge >= 0.3 is 0 Å². The third-order valence-corrected chi connectivity index (χ3v) is 10.4. The molecule has 0 amide bonds. The van der Waals surface area contributed by atoms with Crippen LogP contribution in [0.2, 0.25) is 0 Å². The number of pyridine rings is 1. The number of allylic oxidation sites excluding steroid dienone is 3. The van der Waals surface area contributed by atoms with Gasteiger partial charge in [-0.2, -0.15) is 0 Å². The molecule has 1 aliphatic carbocycles. The van der Waals surface area contributed by atoms with Crippen LogP contribution in [0.15, 0.2) is 125 Å². The van der Waals surface area contributed by atoms with Gasteiger partial charge in [-0.05, 0) is 39.9 Å². The topological polar surface area (TPSA) is 39.3 Å². The van der Waals surface area contributed by atoms with Gasteiger partial charge in [0.2, 0.25) is 5.95 Å². The number of aromatic nitrogens is 3. The molecule has 1 aliphatic heterocycles. The van der Waals surface area contributed by atoms with Gasteiger partial charge in [0, 0.05) is 37.6 Å². The molecule has 8 aromatic rings. The number of nitrogens with zero attached hydrogens (tertiary/aromatic N) is 3. The summed E-state index contributed by atoms with van der Waals surface area (Å²) in [6.45, 7) is 0. The molecule has 0 radical (unpaired) electrons. The lowest BCUT2D eigenvalue weighted by Crippen LogP contribution is -2.17. The zero-order chi connectivity index (χ0) is 26.8. The first-order valence-electron chi connectivity index (χ1n) is 13.9. The Morgan fingerprint density at radius 1 is 0.659 bits per heavy atom. The van der Waals surface area contributed by atoms with Crippen LogP contribution in [0, 0.1) is 0 Å². The van der Waals surface area contributed by atoms with Gasteiger partial charge in [-0.3, -0.25) is 9.36 Å². The predicted octanol–water partition coefficient (Wildman–Crippen LogP) is 8.37. The van der Waals surface area contributed by atoms with Crippen LogP contribution in [0.25, 0.3) is 65.7 Å². The molecule has 3 aromatic heterocycles. The van der Waals surface area contributed by atoms with Gasteiger partial charge < -0.3 is 0 Å². The number of hydrogen-bond acceptors (Lipinski definition) is 3. The summed E-state index contributed by atoms with van der Waals surface area (Å²) in [4.78, 5) is 20.8. The number of hydrogen-bond donors (Lipinski definition) is 0. The van der Waals surface area contributed by atoms with Crippen molar-refractivity contribution in [3.05, 3.63) is 131 Å². The molecule has 192 valence electrons. The Morgan fingerprint density at radius 3 is 2.24 bits per heavy atom. The van der Waals surface area contributed by atoms with E-state index in [1.807, 2.05) is 52.6 Å². The summed E-state index contributed by atoms with van der Waals surface area (Å²) in [6, 6.07) is 31.5. The van der Waals surface area contributed by atoms with Crippen LogP contribution in [0.5, 0.6) is 0 Å². The van der Waals surface area contributed by atoms with E-state index in [9.17, 15) is 4.79 Å². The molecule has 0 fully saturated rings. The van der Waals surface area contributed by atoms with Crippen molar-refractivity contribution in [1.29, 1.82) is 0 Å². The summed E-state index contributed by atoms with van der Waals surface area (Å²) >= 11 is 1.93. The molecule has 0 saturated carbocycles. The van der Waals surface area contributed by atoms with Gasteiger partial charge in [-0.1, -0.05) is 97.1 Å². The largest absolute Gasteiger partial charge is 0.278 e. The van der Waals surface area contributed by atoms with Crippen molar-refractivity contribution in [2.24, 2.45) is 0 Å². The Kier molecular flexibility index (Phi) is 4.09. The van der Waals surface area contributed by atoms with E-state index in [-0.39, 0.29) is 5.56 Å². The second-order valence-electron chi connectivity index (χ2n) is 11.0. The highest BCUT2D eigenvalue weighted by Gasteiger charge is 2.37. The second-order valence-corrected chi connectivity index (χ2v) is 12.2. The molecule has 10 rings (SSSR count). The molecular formula is C36H21N3OS. The van der Waals surface area contributed by atoms with E-state index in [0.29, 0.717) is 22.5 Å². The van der Waals surface area contributed by atoms with Gasteiger partial charge in [0.05, 0.1) is 22.1 Å². The first-order valence-corrected chi connectivity index (χ1v) is 14.8. The molecule has 2 atom stereocenters. The fourth-order valence-corrected chi connectivity index (χ4v) is 8.86. The van der Waals surface area contributed by atoms with Crippen LogP contribution >= 0.6 is 11.8 Å². The lowest BCUT2D eigenvalue weighted by atomic mass is 9.87. The smallest absolute Gasteiger partial charge is 0.265 e. The Labute approximate surface area is 238 Å². The molecule has 41 heavy (non-hydrogen) atoms. The summed E-state index contributed by atoms with van der Waals surface area (Å²) in [5, 5.41) is 8.00. The Morgan fingerprint density at radius 2 is 1.37 bits per heavy atom. The molecule has 2 unspecified atom stereocenters. The van der Waals surface area contributed by atoms with Crippen LogP contribution in [-0.4, -0.2) is 19.2 Å². The van der Waals surface area contributed by atoms with Gasteiger partial charge in [0.1, 0.15) is 0 Å². The number of para-hydroxylation sites is 2. The van der Waals surface area contributed by atoms with Gasteiger partial charge in [0.15, 0.2) is 0 Å². The monoisotopic (exact) mass is 543 g/mol. The van der Waals surface area contributed by atoms with E-state index in [4.69, 9.17) is 4.98 Å². The highest BCUT2D eigenvalue weighted by atomic mass is 32.2. The summed E-state index contributed by atoms with van der Waals surface area (Å²) in [5.41, 5.74) is 5.24. The second kappa shape index (κ2) is 7.65. The molecule has 5 aromatic carbocycles. The van der Waals surface area contributed by atoms with Gasteiger partial charge in [0.25, 0.3) is 5.56 Å². The van der Waals surface area contributed by atoms with Crippen molar-refractivity contribution in [1.82, 2.24) is 14.0 Å². The number of benzene rings is 5. The minimum atomic E-state index is -0.0349. The van der Waals surface area contributed by atoms with E-state index < -0.39 is 0 Å². The van der Waals surface area contributed by atoms with Crippen LogP contribution in [0.4, 0.5) is 0 Å². The molecular weight excluding hydrogens is 522 g/mol. The standard InChI is InChI=1S/C36H21N3OS/c40-35-24-13-4-1-10-20(24)23-16-9-17-27-32(23)39(35)36(37-27)38-28-18-7-5-14-25(28)30-21-11-2-3-12-22(21)31-26-15-6-8-19-29(26)41-34(31)33(30)38/h1-19,26,29H. The Balaban J connectivity index is 1.48. The molecule has 0 spiro atoms. The Hall–Kier alpha value is -4.87. The lowest BCUT2D eigenvalue weighted by Gasteiger charge is -2.16. The summed E-state index contributed by atoms with van der Waals surface area (Å²) in [7, 11) is 0. The van der Waals surface area contributed by atoms with Crippen molar-refractivity contribution >= 4 is 71.5 Å². The van der Waals surface area contributed by atoms with E-state index in [0.717, 1.165) is 32.8 Å². The molecule has 5 heteroatoms. The van der Waals surface area contributed by atoms with Crippen LogP contribution in [-0.2, 0) is 0 Å². The van der Waals surface area contributed by atoms with Crippen molar-refractivity contribution in [2.45, 2.75) is 16.1 Å². The van der Waals surface area contributed by atoms with Crippen molar-refractivity contribution in [3.8, 4) is 5.95 Å². The fraction of sp³-hybridized carbons (Fsp3) is 0.0556. The average Bonchev–Trinajstić information content (AvgIpc) is 3.70. The molecule has 0 N–H and O–H groups in total. The maximum Gasteiger partial charge on any atom is 0.265 e. The molecule has 0 bridgehead atoms. The van der Waals surface area contributed by atoms with Crippen molar-refractivity contribution in [2.75, 3.05) is 0 Å². The molecule has 2 aliphatic rings. The van der Waals surface area contributed by atoms with Crippen molar-refractivity contribution < 1.29 is 0 Å².